The number of aliphatic hydroxyl groups is 1. The van der Waals surface area contributed by atoms with Gasteiger partial charge in [-0.15, -0.1) is 0 Å². The van der Waals surface area contributed by atoms with Gasteiger partial charge in [-0.05, 0) is 45.6 Å². The molecule has 0 unspecified atom stereocenters. The Morgan fingerprint density at radius 3 is 2.75 bits per heavy atom. The van der Waals surface area contributed by atoms with E-state index in [4.69, 9.17) is 0 Å². The summed E-state index contributed by atoms with van der Waals surface area (Å²) >= 11 is 0. The van der Waals surface area contributed by atoms with E-state index in [0.717, 1.165) is 44.6 Å². The predicted molar refractivity (Wildman–Crippen MR) is 92.0 cm³/mol. The first-order valence-electron chi connectivity index (χ1n) is 8.70. The van der Waals surface area contributed by atoms with Crippen molar-refractivity contribution in [1.29, 1.82) is 0 Å². The van der Waals surface area contributed by atoms with Crippen molar-refractivity contribution in [1.82, 2.24) is 19.4 Å². The van der Waals surface area contributed by atoms with Crippen LogP contribution in [-0.4, -0.2) is 58.7 Å². The lowest BCUT2D eigenvalue weighted by Gasteiger charge is -2.27. The fraction of sp³-hybridized carbons (Fsp3) is 0.812. The van der Waals surface area contributed by atoms with Gasteiger partial charge in [-0.25, -0.2) is 13.1 Å². The number of likely N-dealkylation sites (tertiary alicyclic amines) is 1. The maximum Gasteiger partial charge on any atom is 0.214 e. The number of rotatable bonds is 6. The molecule has 1 aliphatic carbocycles. The highest BCUT2D eigenvalue weighted by Gasteiger charge is 2.38. The van der Waals surface area contributed by atoms with Gasteiger partial charge in [0.25, 0.3) is 0 Å². The smallest absolute Gasteiger partial charge is 0.214 e. The lowest BCUT2D eigenvalue weighted by atomic mass is 9.95. The van der Waals surface area contributed by atoms with Crippen LogP contribution in [-0.2, 0) is 23.6 Å². The molecule has 0 amide bonds. The van der Waals surface area contributed by atoms with Crippen LogP contribution in [0.3, 0.4) is 0 Å². The van der Waals surface area contributed by atoms with Crippen LogP contribution in [0.25, 0.3) is 0 Å². The summed E-state index contributed by atoms with van der Waals surface area (Å²) in [4.78, 5) is 2.32. The summed E-state index contributed by atoms with van der Waals surface area (Å²) in [5, 5.41) is 14.8. The monoisotopic (exact) mass is 356 g/mol. The Bertz CT molecular complexity index is 683. The van der Waals surface area contributed by atoms with E-state index >= 15 is 0 Å². The Hall–Kier alpha value is -0.960. The van der Waals surface area contributed by atoms with Gasteiger partial charge in [0.1, 0.15) is 0 Å². The second-order valence-corrected chi connectivity index (χ2v) is 9.34. The Morgan fingerprint density at radius 2 is 2.12 bits per heavy atom. The topological polar surface area (TPSA) is 87.5 Å². The highest BCUT2D eigenvalue weighted by Crippen LogP contribution is 2.29. The molecule has 1 aromatic heterocycles. The van der Waals surface area contributed by atoms with Crippen LogP contribution in [0.15, 0.2) is 6.20 Å². The van der Waals surface area contributed by atoms with Crippen LogP contribution < -0.4 is 4.72 Å². The summed E-state index contributed by atoms with van der Waals surface area (Å²) in [5.74, 6) is 0. The van der Waals surface area contributed by atoms with Crippen molar-refractivity contribution in [2.45, 2.75) is 56.4 Å². The molecule has 2 heterocycles. The van der Waals surface area contributed by atoms with Crippen molar-refractivity contribution in [2.24, 2.45) is 7.05 Å². The van der Waals surface area contributed by atoms with E-state index in [1.807, 2.05) is 17.9 Å². The maximum absolute atomic E-state index is 12.0. The molecule has 8 heteroatoms. The number of nitrogens with one attached hydrogen (secondary N) is 1. The highest BCUT2D eigenvalue weighted by atomic mass is 32.2. The number of aromatic nitrogens is 2. The zero-order chi connectivity index (χ0) is 17.4. The summed E-state index contributed by atoms with van der Waals surface area (Å²) in [6.07, 6.45) is 5.46. The number of aryl methyl sites for hydroxylation is 1. The van der Waals surface area contributed by atoms with E-state index in [1.165, 1.54) is 5.56 Å². The summed E-state index contributed by atoms with van der Waals surface area (Å²) < 4.78 is 28.4. The van der Waals surface area contributed by atoms with E-state index in [-0.39, 0.29) is 11.8 Å². The Labute approximate surface area is 144 Å². The molecule has 3 rings (SSSR count). The van der Waals surface area contributed by atoms with Crippen molar-refractivity contribution < 1.29 is 13.5 Å². The van der Waals surface area contributed by atoms with Crippen molar-refractivity contribution in [3.63, 3.8) is 0 Å². The van der Waals surface area contributed by atoms with E-state index in [0.29, 0.717) is 12.8 Å². The van der Waals surface area contributed by atoms with Crippen LogP contribution in [0, 0.1) is 6.92 Å². The molecule has 0 bridgehead atoms. The average molecular weight is 356 g/mol. The maximum atomic E-state index is 12.0. The highest BCUT2D eigenvalue weighted by molar-refractivity contribution is 7.90. The molecule has 1 saturated heterocycles. The molecule has 1 saturated carbocycles. The average Bonchev–Trinajstić information content (AvgIpc) is 3.35. The molecular formula is C16H28N4O3S. The minimum Gasteiger partial charge on any atom is -0.388 e. The quantitative estimate of drug-likeness (QED) is 0.776. The second kappa shape index (κ2) is 6.74. The standard InChI is InChI=1S/C16H28N4O3S/c1-13-14(10-17-19(13)2)11-20-8-3-6-16(21,7-9-20)12-18-24(22,23)15-4-5-15/h10,15,18,21H,3-9,11-12H2,1-2H3/t16-/m1/s1. The third-order valence-corrected chi connectivity index (χ3v) is 7.20. The predicted octanol–water partition coefficient (Wildman–Crippen LogP) is 0.527. The summed E-state index contributed by atoms with van der Waals surface area (Å²) in [5.41, 5.74) is 1.42. The minimum atomic E-state index is -3.24. The van der Waals surface area contributed by atoms with Crippen LogP contribution in [0.4, 0.5) is 0 Å². The number of hydrogen-bond donors (Lipinski definition) is 2. The summed E-state index contributed by atoms with van der Waals surface area (Å²) in [6.45, 7) is 4.68. The largest absolute Gasteiger partial charge is 0.388 e. The first-order chi connectivity index (χ1) is 11.3. The molecule has 1 atom stereocenters. The molecule has 0 radical (unpaired) electrons. The molecule has 0 aromatic carbocycles. The van der Waals surface area contributed by atoms with Crippen LogP contribution in [0.1, 0.15) is 43.4 Å². The molecule has 7 nitrogen and oxygen atoms in total. The SMILES string of the molecule is Cc1c(CN2CCC[C@](O)(CNS(=O)(=O)C3CC3)CC2)cnn1C. The van der Waals surface area contributed by atoms with Gasteiger partial charge in [0.15, 0.2) is 0 Å². The third-order valence-electron chi connectivity index (χ3n) is 5.31. The van der Waals surface area contributed by atoms with Gasteiger partial charge < -0.3 is 5.11 Å². The van der Waals surface area contributed by atoms with Gasteiger partial charge in [-0.1, -0.05) is 0 Å². The van der Waals surface area contributed by atoms with Gasteiger partial charge in [0.05, 0.1) is 17.0 Å². The van der Waals surface area contributed by atoms with E-state index < -0.39 is 15.6 Å². The van der Waals surface area contributed by atoms with Crippen LogP contribution >= 0.6 is 0 Å². The molecular weight excluding hydrogens is 328 g/mol. The van der Waals surface area contributed by atoms with Crippen LogP contribution in [0.5, 0.6) is 0 Å². The molecule has 1 aromatic rings. The molecule has 2 fully saturated rings. The molecule has 2 aliphatic rings. The molecule has 2 N–H and O–H groups in total. The van der Waals surface area contributed by atoms with E-state index in [2.05, 4.69) is 21.6 Å². The number of sulfonamides is 1. The fourth-order valence-electron chi connectivity index (χ4n) is 3.24. The summed E-state index contributed by atoms with van der Waals surface area (Å²) in [6, 6.07) is 0. The molecule has 0 spiro atoms. The second-order valence-electron chi connectivity index (χ2n) is 7.30. The number of hydrogen-bond acceptors (Lipinski definition) is 5. The van der Waals surface area contributed by atoms with Crippen molar-refractivity contribution >= 4 is 10.0 Å². The minimum absolute atomic E-state index is 0.131. The fourth-order valence-corrected chi connectivity index (χ4v) is 4.70. The van der Waals surface area contributed by atoms with E-state index in [1.54, 1.807) is 0 Å². The van der Waals surface area contributed by atoms with Crippen molar-refractivity contribution in [3.8, 4) is 0 Å². The normalized spacial score (nSPS) is 26.5. The van der Waals surface area contributed by atoms with Gasteiger partial charge in [0.2, 0.25) is 10.0 Å². The molecule has 136 valence electrons. The third kappa shape index (κ3) is 4.17. The Morgan fingerprint density at radius 1 is 1.38 bits per heavy atom. The van der Waals surface area contributed by atoms with Gasteiger partial charge in [-0.2, -0.15) is 5.10 Å². The van der Waals surface area contributed by atoms with Crippen LogP contribution in [0.2, 0.25) is 0 Å². The first kappa shape index (κ1) is 17.8. The Balaban J connectivity index is 1.54. The van der Waals surface area contributed by atoms with E-state index in [9.17, 15) is 13.5 Å². The lowest BCUT2D eigenvalue weighted by Crippen LogP contribution is -2.44. The van der Waals surface area contributed by atoms with Gasteiger partial charge in [0, 0.05) is 37.9 Å². The van der Waals surface area contributed by atoms with Gasteiger partial charge >= 0.3 is 0 Å². The number of nitrogens with zero attached hydrogens (tertiary/aromatic N) is 3. The van der Waals surface area contributed by atoms with Crippen molar-refractivity contribution in [3.05, 3.63) is 17.5 Å². The zero-order valence-electron chi connectivity index (χ0n) is 14.5. The molecule has 1 aliphatic heterocycles. The zero-order valence-corrected chi connectivity index (χ0v) is 15.3. The summed E-state index contributed by atoms with van der Waals surface area (Å²) in [7, 11) is -1.30. The Kier molecular flexibility index (Phi) is 5.01. The van der Waals surface area contributed by atoms with Crippen molar-refractivity contribution in [2.75, 3.05) is 19.6 Å². The molecule has 24 heavy (non-hydrogen) atoms. The lowest BCUT2D eigenvalue weighted by molar-refractivity contribution is 0.0304. The van der Waals surface area contributed by atoms with Gasteiger partial charge in [-0.3, -0.25) is 9.58 Å². The first-order valence-corrected chi connectivity index (χ1v) is 10.2.